The summed E-state index contributed by atoms with van der Waals surface area (Å²) in [5, 5.41) is 35.3. The van der Waals surface area contributed by atoms with Crippen LogP contribution in [0, 0.1) is 0 Å². The largest absolute Gasteiger partial charge is 0.480 e. The van der Waals surface area contributed by atoms with Gasteiger partial charge in [-0.2, -0.15) is 12.6 Å². The van der Waals surface area contributed by atoms with Gasteiger partial charge >= 0.3 is 5.97 Å². The van der Waals surface area contributed by atoms with E-state index in [1.165, 1.54) is 13.8 Å². The van der Waals surface area contributed by atoms with Crippen LogP contribution in [0.2, 0.25) is 0 Å². The molecule has 0 bridgehead atoms. The van der Waals surface area contributed by atoms with Gasteiger partial charge in [0.05, 0.1) is 12.2 Å². The lowest BCUT2D eigenvalue weighted by molar-refractivity contribution is -0.141. The molecule has 0 saturated heterocycles. The molecule has 6 unspecified atom stereocenters. The summed E-state index contributed by atoms with van der Waals surface area (Å²) in [5.74, 6) is -3.93. The summed E-state index contributed by atoms with van der Waals surface area (Å²) in [7, 11) is 0. The number of amides is 3. The third-order valence-corrected chi connectivity index (χ3v) is 4.63. The number of hydrogen-bond donors (Lipinski definition) is 9. The van der Waals surface area contributed by atoms with E-state index in [2.05, 4.69) is 28.6 Å². The van der Waals surface area contributed by atoms with Crippen molar-refractivity contribution in [3.63, 3.8) is 0 Å². The Kier molecular flexibility index (Phi) is 13.2. The van der Waals surface area contributed by atoms with Gasteiger partial charge in [0.25, 0.3) is 0 Å². The van der Waals surface area contributed by atoms with Crippen LogP contribution < -0.4 is 27.4 Å². The van der Waals surface area contributed by atoms with E-state index in [1.54, 1.807) is 0 Å². The number of unbranched alkanes of at least 4 members (excludes halogenated alkanes) is 1. The van der Waals surface area contributed by atoms with E-state index in [9.17, 15) is 29.4 Å². The summed E-state index contributed by atoms with van der Waals surface area (Å²) in [6, 6.07) is -5.16. The molecule has 0 aliphatic rings. The van der Waals surface area contributed by atoms with Gasteiger partial charge in [0.2, 0.25) is 17.7 Å². The SMILES string of the molecule is CC(O)C(N)C(=O)NC(C(=O)NC(CCCCN)C(=O)NC(CS)C(=O)O)C(C)O. The van der Waals surface area contributed by atoms with E-state index >= 15 is 0 Å². The third kappa shape index (κ3) is 9.71. The Bertz CT molecular complexity index is 591. The van der Waals surface area contributed by atoms with E-state index in [4.69, 9.17) is 16.6 Å². The van der Waals surface area contributed by atoms with Gasteiger partial charge in [-0.05, 0) is 39.7 Å². The molecule has 0 aromatic rings. The predicted octanol–water partition coefficient (Wildman–Crippen LogP) is -3.33. The smallest absolute Gasteiger partial charge is 0.327 e. The van der Waals surface area contributed by atoms with Gasteiger partial charge in [-0.1, -0.05) is 0 Å². The lowest BCUT2D eigenvalue weighted by Crippen LogP contribution is -2.60. The van der Waals surface area contributed by atoms with Crippen molar-refractivity contribution >= 4 is 36.3 Å². The van der Waals surface area contributed by atoms with Crippen LogP contribution in [0.3, 0.4) is 0 Å². The molecule has 0 radical (unpaired) electrons. The molecule has 12 nitrogen and oxygen atoms in total. The zero-order valence-corrected chi connectivity index (χ0v) is 18.0. The van der Waals surface area contributed by atoms with Gasteiger partial charge in [-0.25, -0.2) is 4.79 Å². The molecule has 30 heavy (non-hydrogen) atoms. The fourth-order valence-corrected chi connectivity index (χ4v) is 2.60. The van der Waals surface area contributed by atoms with Crippen LogP contribution >= 0.6 is 12.6 Å². The molecule has 6 atom stereocenters. The van der Waals surface area contributed by atoms with E-state index in [1.807, 2.05) is 0 Å². The number of carbonyl (C=O) groups is 4. The van der Waals surface area contributed by atoms with Crippen molar-refractivity contribution in [3.05, 3.63) is 0 Å². The number of nitrogens with one attached hydrogen (secondary N) is 3. The molecule has 0 aliphatic carbocycles. The highest BCUT2D eigenvalue weighted by molar-refractivity contribution is 7.80. The molecule has 0 aliphatic heterocycles. The van der Waals surface area contributed by atoms with Crippen LogP contribution in [0.25, 0.3) is 0 Å². The summed E-state index contributed by atoms with van der Waals surface area (Å²) in [6.07, 6.45) is -1.35. The molecule has 174 valence electrons. The maximum atomic E-state index is 12.6. The Morgan fingerprint density at radius 3 is 1.90 bits per heavy atom. The standard InChI is InChI=1S/C17H33N5O7S/c1-8(23)12(19)15(26)22-13(9(2)24)16(27)20-10(5-3-4-6-18)14(25)21-11(7-30)17(28)29/h8-13,23-24,30H,3-7,18-19H2,1-2H3,(H,20,27)(H,21,25)(H,22,26)(H,28,29). The van der Waals surface area contributed by atoms with Crippen LogP contribution in [-0.4, -0.2) is 87.7 Å². The molecule has 0 aromatic carbocycles. The van der Waals surface area contributed by atoms with Crippen molar-refractivity contribution < 1.29 is 34.5 Å². The van der Waals surface area contributed by atoms with Crippen molar-refractivity contribution in [2.45, 2.75) is 69.5 Å². The van der Waals surface area contributed by atoms with Gasteiger partial charge in [0, 0.05) is 5.75 Å². The van der Waals surface area contributed by atoms with E-state index in [-0.39, 0.29) is 12.2 Å². The van der Waals surface area contributed by atoms with Gasteiger partial charge in [0.15, 0.2) is 0 Å². The summed E-state index contributed by atoms with van der Waals surface area (Å²) in [5.41, 5.74) is 11.0. The average molecular weight is 452 g/mol. The van der Waals surface area contributed by atoms with Gasteiger partial charge in [-0.3, -0.25) is 14.4 Å². The molecule has 0 heterocycles. The Morgan fingerprint density at radius 1 is 0.900 bits per heavy atom. The molecular weight excluding hydrogens is 418 g/mol. The van der Waals surface area contributed by atoms with Crippen molar-refractivity contribution in [2.24, 2.45) is 11.5 Å². The number of thiol groups is 1. The number of rotatable bonds is 14. The second-order valence-electron chi connectivity index (χ2n) is 6.92. The first-order chi connectivity index (χ1) is 14.0. The molecule has 0 aromatic heterocycles. The normalized spacial score (nSPS) is 17.0. The molecule has 3 amide bonds. The van der Waals surface area contributed by atoms with Crippen LogP contribution in [0.4, 0.5) is 0 Å². The van der Waals surface area contributed by atoms with Gasteiger partial charge < -0.3 is 42.7 Å². The van der Waals surface area contributed by atoms with Crippen LogP contribution in [0.5, 0.6) is 0 Å². The average Bonchev–Trinajstić information content (AvgIpc) is 2.67. The highest BCUT2D eigenvalue weighted by atomic mass is 32.1. The van der Waals surface area contributed by atoms with Crippen molar-refractivity contribution in [1.82, 2.24) is 16.0 Å². The molecule has 0 rings (SSSR count). The lowest BCUT2D eigenvalue weighted by atomic mass is 10.1. The van der Waals surface area contributed by atoms with Crippen LogP contribution in [-0.2, 0) is 19.2 Å². The Morgan fingerprint density at radius 2 is 1.47 bits per heavy atom. The molecule has 0 saturated carbocycles. The number of aliphatic hydroxyl groups is 2. The van der Waals surface area contributed by atoms with Crippen LogP contribution in [0.15, 0.2) is 0 Å². The maximum absolute atomic E-state index is 12.6. The number of aliphatic hydroxyl groups excluding tert-OH is 2. The first-order valence-corrected chi connectivity index (χ1v) is 10.2. The minimum Gasteiger partial charge on any atom is -0.480 e. The molecule has 0 spiro atoms. The quantitative estimate of drug-likeness (QED) is 0.0951. The second kappa shape index (κ2) is 14.1. The molecule has 0 fully saturated rings. The van der Waals surface area contributed by atoms with E-state index in [0.717, 1.165) is 0 Å². The van der Waals surface area contributed by atoms with E-state index < -0.39 is 60.1 Å². The Balaban J connectivity index is 5.34. The number of hydrogen-bond acceptors (Lipinski definition) is 9. The highest BCUT2D eigenvalue weighted by Crippen LogP contribution is 2.05. The summed E-state index contributed by atoms with van der Waals surface area (Å²) in [4.78, 5) is 48.3. The minimum atomic E-state index is -1.45. The van der Waals surface area contributed by atoms with Crippen molar-refractivity contribution in [3.8, 4) is 0 Å². The highest BCUT2D eigenvalue weighted by Gasteiger charge is 2.32. The zero-order valence-electron chi connectivity index (χ0n) is 17.1. The molecule has 10 N–H and O–H groups in total. The second-order valence-corrected chi connectivity index (χ2v) is 7.29. The minimum absolute atomic E-state index is 0.154. The van der Waals surface area contributed by atoms with Gasteiger partial charge in [0.1, 0.15) is 24.2 Å². The monoisotopic (exact) mass is 451 g/mol. The number of carboxylic acids is 1. The summed E-state index contributed by atoms with van der Waals surface area (Å²) < 4.78 is 0. The first kappa shape index (κ1) is 28.1. The Labute approximate surface area is 180 Å². The number of carbonyl (C=O) groups excluding carboxylic acids is 3. The fraction of sp³-hybridized carbons (Fsp3) is 0.765. The third-order valence-electron chi connectivity index (χ3n) is 4.26. The zero-order chi connectivity index (χ0) is 23.4. The number of aliphatic carboxylic acids is 1. The lowest BCUT2D eigenvalue weighted by Gasteiger charge is -2.26. The van der Waals surface area contributed by atoms with E-state index in [0.29, 0.717) is 19.4 Å². The molecule has 13 heteroatoms. The molecular formula is C17H33N5O7S. The predicted molar refractivity (Wildman–Crippen MR) is 112 cm³/mol. The van der Waals surface area contributed by atoms with Crippen molar-refractivity contribution in [1.29, 1.82) is 0 Å². The fourth-order valence-electron chi connectivity index (χ4n) is 2.35. The van der Waals surface area contributed by atoms with Crippen LogP contribution in [0.1, 0.15) is 33.1 Å². The first-order valence-electron chi connectivity index (χ1n) is 9.52. The Hall–Kier alpha value is -1.93. The van der Waals surface area contributed by atoms with Crippen molar-refractivity contribution in [2.75, 3.05) is 12.3 Å². The number of nitrogens with two attached hydrogens (primary N) is 2. The topological polar surface area (TPSA) is 217 Å². The maximum Gasteiger partial charge on any atom is 0.327 e. The van der Waals surface area contributed by atoms with Gasteiger partial charge in [-0.15, -0.1) is 0 Å². The summed E-state index contributed by atoms with van der Waals surface area (Å²) in [6.45, 7) is 2.91. The summed E-state index contributed by atoms with van der Waals surface area (Å²) >= 11 is 3.87. The number of carboxylic acid groups (broad SMARTS) is 1.